The van der Waals surface area contributed by atoms with Crippen LogP contribution in [0.1, 0.15) is 42.6 Å². The predicted octanol–water partition coefficient (Wildman–Crippen LogP) is 0.939. The molecule has 0 saturated carbocycles. The smallest absolute Gasteiger partial charge is 0.221 e. The number of hydrogen-bond donors (Lipinski definition) is 1. The minimum absolute atomic E-state index is 0.233. The van der Waals surface area contributed by atoms with Gasteiger partial charge in [-0.2, -0.15) is 4.98 Å². The lowest BCUT2D eigenvalue weighted by Gasteiger charge is -2.37. The van der Waals surface area contributed by atoms with Crippen molar-refractivity contribution in [3.05, 3.63) is 35.5 Å². The van der Waals surface area contributed by atoms with E-state index in [4.69, 9.17) is 5.73 Å². The van der Waals surface area contributed by atoms with Crippen molar-refractivity contribution in [2.24, 2.45) is 0 Å². The first-order chi connectivity index (χ1) is 13.3. The Hall–Kier alpha value is -2.33. The molecular formula is C18H25N7O2S. The van der Waals surface area contributed by atoms with Crippen molar-refractivity contribution >= 4 is 21.8 Å². The second kappa shape index (κ2) is 7.25. The number of sulfonamides is 1. The van der Waals surface area contributed by atoms with Crippen LogP contribution in [0.5, 0.6) is 0 Å². The fourth-order valence-electron chi connectivity index (χ4n) is 4.17. The number of piperidine rings is 1. The van der Waals surface area contributed by atoms with Crippen LogP contribution in [0.3, 0.4) is 0 Å². The fraction of sp³-hybridized carbons (Fsp3) is 0.556. The van der Waals surface area contributed by atoms with Crippen molar-refractivity contribution < 1.29 is 8.42 Å². The Kier molecular flexibility index (Phi) is 4.92. The first kappa shape index (κ1) is 19.0. The molecule has 0 aromatic carbocycles. The van der Waals surface area contributed by atoms with Crippen LogP contribution >= 0.6 is 0 Å². The van der Waals surface area contributed by atoms with E-state index in [1.807, 2.05) is 6.07 Å². The number of nitrogens with two attached hydrogens (primary N) is 1. The van der Waals surface area contributed by atoms with Gasteiger partial charge in [0.1, 0.15) is 12.1 Å². The summed E-state index contributed by atoms with van der Waals surface area (Å²) in [6, 6.07) is 2.10. The lowest BCUT2D eigenvalue weighted by molar-refractivity contribution is 0.317. The van der Waals surface area contributed by atoms with E-state index in [0.29, 0.717) is 19.6 Å². The molecule has 4 heterocycles. The highest BCUT2D eigenvalue weighted by molar-refractivity contribution is 7.88. The van der Waals surface area contributed by atoms with Gasteiger partial charge >= 0.3 is 0 Å². The molecule has 0 unspecified atom stereocenters. The highest BCUT2D eigenvalue weighted by Crippen LogP contribution is 2.34. The zero-order valence-electron chi connectivity index (χ0n) is 16.1. The maximum Gasteiger partial charge on any atom is 0.221 e. The molecule has 1 saturated heterocycles. The van der Waals surface area contributed by atoms with Crippen LogP contribution in [-0.4, -0.2) is 58.0 Å². The molecular weight excluding hydrogens is 378 g/mol. The molecule has 28 heavy (non-hydrogen) atoms. The number of aromatic nitrogens is 4. The first-order valence-electron chi connectivity index (χ1n) is 9.46. The summed E-state index contributed by atoms with van der Waals surface area (Å²) in [6.07, 6.45) is 6.92. The van der Waals surface area contributed by atoms with E-state index >= 15 is 0 Å². The van der Waals surface area contributed by atoms with E-state index in [2.05, 4.69) is 31.8 Å². The number of rotatable bonds is 3. The monoisotopic (exact) mass is 403 g/mol. The Morgan fingerprint density at radius 2 is 1.93 bits per heavy atom. The van der Waals surface area contributed by atoms with Crippen molar-refractivity contribution in [3.63, 3.8) is 0 Å². The van der Waals surface area contributed by atoms with Gasteiger partial charge in [0.15, 0.2) is 0 Å². The van der Waals surface area contributed by atoms with Crippen molar-refractivity contribution in [1.82, 2.24) is 24.2 Å². The van der Waals surface area contributed by atoms with E-state index in [-0.39, 0.29) is 17.9 Å². The fourth-order valence-corrected chi connectivity index (χ4v) is 5.05. The molecule has 1 fully saturated rings. The lowest BCUT2D eigenvalue weighted by atomic mass is 9.88. The van der Waals surface area contributed by atoms with Crippen LogP contribution < -0.4 is 10.6 Å². The quantitative estimate of drug-likeness (QED) is 0.804. The van der Waals surface area contributed by atoms with Crippen molar-refractivity contribution in [2.75, 3.05) is 30.0 Å². The summed E-state index contributed by atoms with van der Waals surface area (Å²) in [5.74, 6) is 1.29. The van der Waals surface area contributed by atoms with Gasteiger partial charge in [0, 0.05) is 49.8 Å². The molecule has 2 aromatic heterocycles. The molecule has 0 aliphatic carbocycles. The molecule has 9 nitrogen and oxygen atoms in total. The molecule has 0 amide bonds. The number of anilines is 2. The highest BCUT2D eigenvalue weighted by atomic mass is 32.2. The van der Waals surface area contributed by atoms with E-state index in [1.165, 1.54) is 6.26 Å². The Labute approximate surface area is 165 Å². The maximum atomic E-state index is 11.8. The molecule has 0 radical (unpaired) electrons. The lowest BCUT2D eigenvalue weighted by Crippen LogP contribution is -2.41. The summed E-state index contributed by atoms with van der Waals surface area (Å²) < 4.78 is 25.1. The molecule has 10 heteroatoms. The second-order valence-electron chi connectivity index (χ2n) is 7.57. The molecule has 0 bridgehead atoms. The van der Waals surface area contributed by atoms with Crippen LogP contribution in [-0.2, 0) is 23.0 Å². The standard InChI is InChI=1S/C18H25N7O2S/c1-12-9-15-14(10-25(12)16-3-6-20-18(19)23-16)17(22-11-21-15)13-4-7-24(8-5-13)28(2,26)27/h3,6,11-13H,4-5,7-10H2,1-2H3,(H2,19,20,23)/t12-/m1/s1. The van der Waals surface area contributed by atoms with E-state index in [0.717, 1.165) is 42.0 Å². The number of nitrogens with zero attached hydrogens (tertiary/aromatic N) is 6. The molecule has 2 aliphatic heterocycles. The molecule has 2 aromatic rings. The topological polar surface area (TPSA) is 118 Å². The van der Waals surface area contributed by atoms with Crippen LogP contribution in [0.2, 0.25) is 0 Å². The summed E-state index contributed by atoms with van der Waals surface area (Å²) in [7, 11) is -3.14. The van der Waals surface area contributed by atoms with Crippen LogP contribution in [0.4, 0.5) is 11.8 Å². The zero-order valence-corrected chi connectivity index (χ0v) is 16.9. The van der Waals surface area contributed by atoms with Gasteiger partial charge in [0.25, 0.3) is 0 Å². The summed E-state index contributed by atoms with van der Waals surface area (Å²) in [4.78, 5) is 19.7. The number of nitrogen functional groups attached to an aromatic ring is 1. The van der Waals surface area contributed by atoms with Crippen LogP contribution in [0, 0.1) is 0 Å². The molecule has 0 spiro atoms. The van der Waals surface area contributed by atoms with Crippen LogP contribution in [0.15, 0.2) is 18.6 Å². The largest absolute Gasteiger partial charge is 0.368 e. The molecule has 150 valence electrons. The van der Waals surface area contributed by atoms with Gasteiger partial charge in [-0.25, -0.2) is 27.7 Å². The SMILES string of the molecule is C[C@@H]1Cc2ncnc(C3CCN(S(C)(=O)=O)CC3)c2CN1c1ccnc(N)n1. The third kappa shape index (κ3) is 3.66. The van der Waals surface area contributed by atoms with Gasteiger partial charge in [-0.1, -0.05) is 0 Å². The van der Waals surface area contributed by atoms with Crippen molar-refractivity contribution in [3.8, 4) is 0 Å². The molecule has 2 aliphatic rings. The summed E-state index contributed by atoms with van der Waals surface area (Å²) >= 11 is 0. The minimum atomic E-state index is -3.14. The zero-order chi connectivity index (χ0) is 19.9. The second-order valence-corrected chi connectivity index (χ2v) is 9.56. The van der Waals surface area contributed by atoms with Gasteiger partial charge in [-0.05, 0) is 25.8 Å². The molecule has 2 N–H and O–H groups in total. The van der Waals surface area contributed by atoms with Gasteiger partial charge in [-0.15, -0.1) is 0 Å². The Morgan fingerprint density at radius 1 is 1.18 bits per heavy atom. The maximum absolute atomic E-state index is 11.8. The Morgan fingerprint density at radius 3 is 2.61 bits per heavy atom. The van der Waals surface area contributed by atoms with Gasteiger partial charge < -0.3 is 10.6 Å². The first-order valence-corrected chi connectivity index (χ1v) is 11.3. The average Bonchev–Trinajstić information content (AvgIpc) is 2.66. The molecule has 4 rings (SSSR count). The van der Waals surface area contributed by atoms with E-state index in [1.54, 1.807) is 16.8 Å². The van der Waals surface area contributed by atoms with Gasteiger partial charge in [-0.3, -0.25) is 0 Å². The Balaban J connectivity index is 1.61. The van der Waals surface area contributed by atoms with E-state index < -0.39 is 10.0 Å². The minimum Gasteiger partial charge on any atom is -0.368 e. The van der Waals surface area contributed by atoms with Crippen molar-refractivity contribution in [1.29, 1.82) is 0 Å². The normalized spacial score (nSPS) is 21.5. The van der Waals surface area contributed by atoms with E-state index in [9.17, 15) is 8.42 Å². The summed E-state index contributed by atoms with van der Waals surface area (Å²) in [5.41, 5.74) is 9.02. The highest BCUT2D eigenvalue weighted by Gasteiger charge is 2.32. The third-order valence-electron chi connectivity index (χ3n) is 5.68. The predicted molar refractivity (Wildman–Crippen MR) is 106 cm³/mol. The number of hydrogen-bond acceptors (Lipinski definition) is 8. The van der Waals surface area contributed by atoms with Gasteiger partial charge in [0.05, 0.1) is 17.6 Å². The summed E-state index contributed by atoms with van der Waals surface area (Å²) in [6.45, 7) is 3.87. The number of fused-ring (bicyclic) bond motifs is 1. The third-order valence-corrected chi connectivity index (χ3v) is 6.98. The van der Waals surface area contributed by atoms with Crippen LogP contribution in [0.25, 0.3) is 0 Å². The molecule has 1 atom stereocenters. The average molecular weight is 404 g/mol. The van der Waals surface area contributed by atoms with Crippen molar-refractivity contribution in [2.45, 2.75) is 44.7 Å². The van der Waals surface area contributed by atoms with Gasteiger partial charge in [0.2, 0.25) is 16.0 Å². The Bertz CT molecular complexity index is 974. The summed E-state index contributed by atoms with van der Waals surface area (Å²) in [5, 5.41) is 0.